The summed E-state index contributed by atoms with van der Waals surface area (Å²) in [4.78, 5) is 18.9. The van der Waals surface area contributed by atoms with Crippen molar-refractivity contribution in [2.45, 2.75) is 6.61 Å². The summed E-state index contributed by atoms with van der Waals surface area (Å²) in [5, 5.41) is 2.97. The molecule has 3 aromatic rings. The van der Waals surface area contributed by atoms with Gasteiger partial charge in [0, 0.05) is 42.2 Å². The standard InChI is InChI=1S/C25H25N3O2/c1-18(28(3)4)23-16-20(14-15-24(23)26-2)27-25(29)22-13-9-8-10-19(22)17-30-21-11-6-5-7-12-21/h5-16H,1-2,17H2,3-4H3,(H,27,29). The van der Waals surface area contributed by atoms with Crippen LogP contribution in [0, 0.1) is 0 Å². The van der Waals surface area contributed by atoms with Gasteiger partial charge in [0.1, 0.15) is 12.4 Å². The van der Waals surface area contributed by atoms with Gasteiger partial charge in [0.05, 0.1) is 5.69 Å². The molecular formula is C25H25N3O2. The maximum atomic E-state index is 13.0. The van der Waals surface area contributed by atoms with Crippen LogP contribution in [-0.2, 0) is 6.61 Å². The van der Waals surface area contributed by atoms with Crippen molar-refractivity contribution in [1.82, 2.24) is 4.90 Å². The molecule has 0 heterocycles. The van der Waals surface area contributed by atoms with E-state index in [-0.39, 0.29) is 5.91 Å². The molecule has 0 atom stereocenters. The van der Waals surface area contributed by atoms with E-state index in [0.717, 1.165) is 22.6 Å². The number of hydrogen-bond donors (Lipinski definition) is 1. The van der Waals surface area contributed by atoms with Crippen molar-refractivity contribution >= 4 is 29.7 Å². The number of carbonyl (C=O) groups is 1. The molecule has 0 aliphatic rings. The Labute approximate surface area is 177 Å². The number of anilines is 1. The molecule has 152 valence electrons. The third-order valence-electron chi connectivity index (χ3n) is 4.68. The minimum Gasteiger partial charge on any atom is -0.489 e. The number of hydrogen-bond acceptors (Lipinski definition) is 4. The van der Waals surface area contributed by atoms with Crippen molar-refractivity contribution in [2.75, 3.05) is 19.4 Å². The van der Waals surface area contributed by atoms with E-state index in [4.69, 9.17) is 4.74 Å². The minimum atomic E-state index is -0.206. The highest BCUT2D eigenvalue weighted by Crippen LogP contribution is 2.29. The molecule has 1 amide bonds. The molecule has 5 nitrogen and oxygen atoms in total. The van der Waals surface area contributed by atoms with Crippen LogP contribution in [0.1, 0.15) is 21.5 Å². The van der Waals surface area contributed by atoms with E-state index in [1.807, 2.05) is 79.7 Å². The first-order valence-corrected chi connectivity index (χ1v) is 9.54. The van der Waals surface area contributed by atoms with Crippen LogP contribution in [0.3, 0.4) is 0 Å². The van der Waals surface area contributed by atoms with Gasteiger partial charge in [-0.05, 0) is 43.1 Å². The van der Waals surface area contributed by atoms with Gasteiger partial charge in [-0.3, -0.25) is 9.79 Å². The summed E-state index contributed by atoms with van der Waals surface area (Å²) in [6.07, 6.45) is 0. The van der Waals surface area contributed by atoms with Gasteiger partial charge >= 0.3 is 0 Å². The highest BCUT2D eigenvalue weighted by atomic mass is 16.5. The van der Waals surface area contributed by atoms with Crippen molar-refractivity contribution < 1.29 is 9.53 Å². The third-order valence-corrected chi connectivity index (χ3v) is 4.68. The van der Waals surface area contributed by atoms with E-state index in [1.54, 1.807) is 12.1 Å². The van der Waals surface area contributed by atoms with Gasteiger partial charge < -0.3 is 15.0 Å². The van der Waals surface area contributed by atoms with Crippen molar-refractivity contribution in [3.63, 3.8) is 0 Å². The van der Waals surface area contributed by atoms with E-state index in [2.05, 4.69) is 23.6 Å². The Balaban J connectivity index is 1.80. The molecule has 0 aliphatic carbocycles. The highest BCUT2D eigenvalue weighted by molar-refractivity contribution is 6.05. The van der Waals surface area contributed by atoms with Crippen LogP contribution in [0.2, 0.25) is 0 Å². The second-order valence-corrected chi connectivity index (χ2v) is 6.94. The molecule has 0 aliphatic heterocycles. The van der Waals surface area contributed by atoms with E-state index < -0.39 is 0 Å². The lowest BCUT2D eigenvalue weighted by Crippen LogP contribution is -2.15. The normalized spacial score (nSPS) is 10.2. The lowest BCUT2D eigenvalue weighted by Gasteiger charge is -2.18. The summed E-state index contributed by atoms with van der Waals surface area (Å²) in [6, 6.07) is 22.4. The molecule has 0 unspecified atom stereocenters. The lowest BCUT2D eigenvalue weighted by atomic mass is 10.1. The molecule has 0 saturated carbocycles. The first-order valence-electron chi connectivity index (χ1n) is 9.54. The largest absolute Gasteiger partial charge is 0.489 e. The number of rotatable bonds is 8. The summed E-state index contributed by atoms with van der Waals surface area (Å²) >= 11 is 0. The second kappa shape index (κ2) is 9.56. The van der Waals surface area contributed by atoms with Crippen LogP contribution in [0.25, 0.3) is 5.70 Å². The summed E-state index contributed by atoms with van der Waals surface area (Å²) < 4.78 is 5.82. The fourth-order valence-corrected chi connectivity index (χ4v) is 2.97. The van der Waals surface area contributed by atoms with E-state index in [1.165, 1.54) is 0 Å². The van der Waals surface area contributed by atoms with Crippen LogP contribution < -0.4 is 10.1 Å². The quantitative estimate of drug-likeness (QED) is 0.517. The van der Waals surface area contributed by atoms with E-state index in [9.17, 15) is 4.79 Å². The van der Waals surface area contributed by atoms with E-state index in [0.29, 0.717) is 23.5 Å². The second-order valence-electron chi connectivity index (χ2n) is 6.94. The maximum Gasteiger partial charge on any atom is 0.256 e. The Bertz CT molecular complexity index is 1060. The molecule has 0 bridgehead atoms. The lowest BCUT2D eigenvalue weighted by molar-refractivity contribution is 0.102. The Kier molecular flexibility index (Phi) is 6.65. The fraction of sp³-hybridized carbons (Fsp3) is 0.120. The average Bonchev–Trinajstić information content (AvgIpc) is 2.78. The van der Waals surface area contributed by atoms with Crippen molar-refractivity contribution in [1.29, 1.82) is 0 Å². The molecule has 0 saturated heterocycles. The monoisotopic (exact) mass is 399 g/mol. The topological polar surface area (TPSA) is 53.9 Å². The van der Waals surface area contributed by atoms with Gasteiger partial charge in [-0.1, -0.05) is 43.0 Å². The first kappa shape index (κ1) is 20.9. The van der Waals surface area contributed by atoms with Gasteiger partial charge in [0.15, 0.2) is 0 Å². The van der Waals surface area contributed by atoms with Gasteiger partial charge in [-0.25, -0.2) is 0 Å². The van der Waals surface area contributed by atoms with Crippen molar-refractivity contribution in [3.05, 3.63) is 96.1 Å². The van der Waals surface area contributed by atoms with Crippen LogP contribution in [0.5, 0.6) is 5.75 Å². The van der Waals surface area contributed by atoms with Crippen LogP contribution in [-0.4, -0.2) is 31.6 Å². The Morgan fingerprint density at radius 1 is 1.00 bits per heavy atom. The number of aliphatic imine (C=N–C) groups is 1. The fourth-order valence-electron chi connectivity index (χ4n) is 2.97. The summed E-state index contributed by atoms with van der Waals surface area (Å²) in [5.74, 6) is 0.551. The third kappa shape index (κ3) is 4.94. The number of benzene rings is 3. The summed E-state index contributed by atoms with van der Waals surface area (Å²) in [7, 11) is 3.81. The average molecular weight is 399 g/mol. The number of para-hydroxylation sites is 1. The van der Waals surface area contributed by atoms with Crippen LogP contribution in [0.15, 0.2) is 84.4 Å². The zero-order valence-electron chi connectivity index (χ0n) is 17.3. The van der Waals surface area contributed by atoms with Crippen molar-refractivity contribution in [3.8, 4) is 5.75 Å². The predicted molar refractivity (Wildman–Crippen MR) is 124 cm³/mol. The zero-order valence-corrected chi connectivity index (χ0v) is 17.3. The summed E-state index contributed by atoms with van der Waals surface area (Å²) in [6.45, 7) is 8.01. The van der Waals surface area contributed by atoms with E-state index >= 15 is 0 Å². The molecule has 30 heavy (non-hydrogen) atoms. The zero-order chi connectivity index (χ0) is 21.5. The van der Waals surface area contributed by atoms with Gasteiger partial charge in [0.25, 0.3) is 5.91 Å². The minimum absolute atomic E-state index is 0.206. The predicted octanol–water partition coefficient (Wildman–Crippen LogP) is 5.38. The molecule has 0 fully saturated rings. The summed E-state index contributed by atoms with van der Waals surface area (Å²) in [5.41, 5.74) is 4.33. The molecule has 5 heteroatoms. The Morgan fingerprint density at radius 2 is 1.70 bits per heavy atom. The molecular weight excluding hydrogens is 374 g/mol. The molecule has 1 N–H and O–H groups in total. The number of ether oxygens (including phenoxy) is 1. The molecule has 0 aromatic heterocycles. The molecule has 3 rings (SSSR count). The van der Waals surface area contributed by atoms with Gasteiger partial charge in [0.2, 0.25) is 0 Å². The number of nitrogens with zero attached hydrogens (tertiary/aromatic N) is 2. The smallest absolute Gasteiger partial charge is 0.256 e. The van der Waals surface area contributed by atoms with Gasteiger partial charge in [-0.2, -0.15) is 0 Å². The molecule has 0 radical (unpaired) electrons. The molecule has 0 spiro atoms. The van der Waals surface area contributed by atoms with Crippen LogP contribution in [0.4, 0.5) is 11.4 Å². The van der Waals surface area contributed by atoms with Gasteiger partial charge in [-0.15, -0.1) is 0 Å². The Hall–Kier alpha value is -3.86. The Morgan fingerprint density at radius 3 is 2.40 bits per heavy atom. The number of amides is 1. The SMILES string of the molecule is C=Nc1ccc(NC(=O)c2ccccc2COc2ccccc2)cc1C(=C)N(C)C. The molecule has 3 aromatic carbocycles. The first-order chi connectivity index (χ1) is 14.5. The number of carbonyl (C=O) groups excluding carboxylic acids is 1. The maximum absolute atomic E-state index is 13.0. The number of nitrogens with one attached hydrogen (secondary N) is 1. The highest BCUT2D eigenvalue weighted by Gasteiger charge is 2.14. The van der Waals surface area contributed by atoms with Crippen molar-refractivity contribution in [2.24, 2.45) is 4.99 Å². The van der Waals surface area contributed by atoms with Crippen LogP contribution >= 0.6 is 0 Å².